The zero-order valence-electron chi connectivity index (χ0n) is 20.1. The molecule has 0 bridgehead atoms. The molecule has 0 radical (unpaired) electrons. The van der Waals surface area contributed by atoms with Gasteiger partial charge in [-0.25, -0.2) is 9.79 Å². The number of alkyl halides is 3. The molecule has 2 aliphatic rings. The summed E-state index contributed by atoms with van der Waals surface area (Å²) in [7, 11) is 1.47. The molecule has 190 valence electrons. The number of rotatable bonds is 8. The van der Waals surface area contributed by atoms with Gasteiger partial charge in [-0.3, -0.25) is 4.79 Å². The molecule has 7 nitrogen and oxygen atoms in total. The first-order chi connectivity index (χ1) is 16.4. The molecule has 0 saturated heterocycles. The van der Waals surface area contributed by atoms with E-state index in [1.807, 2.05) is 13.8 Å². The fourth-order valence-corrected chi connectivity index (χ4v) is 4.52. The lowest BCUT2D eigenvalue weighted by Gasteiger charge is -2.37. The maximum absolute atomic E-state index is 14.1. The Labute approximate surface area is 206 Å². The molecule has 1 aromatic carbocycles. The number of hydrogen-bond donors (Lipinski definition) is 1. The van der Waals surface area contributed by atoms with Crippen LogP contribution in [0.2, 0.25) is 0 Å². The lowest BCUT2D eigenvalue weighted by molar-refractivity contribution is -0.144. The summed E-state index contributed by atoms with van der Waals surface area (Å²) in [5.74, 6) is -0.655. The van der Waals surface area contributed by atoms with Crippen LogP contribution >= 0.6 is 11.8 Å². The number of carbonyl (C=O) groups excluding carboxylic acids is 2. The molecular weight excluding hydrogens is 483 g/mol. The Kier molecular flexibility index (Phi) is 8.19. The van der Waals surface area contributed by atoms with Crippen LogP contribution < -0.4 is 10.1 Å². The van der Waals surface area contributed by atoms with Crippen LogP contribution in [0.15, 0.2) is 51.6 Å². The number of nitrogens with one attached hydrogen (secondary N) is 1. The molecule has 1 unspecified atom stereocenters. The zero-order chi connectivity index (χ0) is 25.9. The number of methoxy groups -OCH3 is 1. The minimum atomic E-state index is -4.90. The molecule has 11 heteroatoms. The molecule has 0 aromatic heterocycles. The monoisotopic (exact) mass is 511 g/mol. The number of amidine groups is 1. The fourth-order valence-electron chi connectivity index (χ4n) is 3.60. The van der Waals surface area contributed by atoms with Crippen LogP contribution in [0.25, 0.3) is 0 Å². The zero-order valence-corrected chi connectivity index (χ0v) is 20.9. The van der Waals surface area contributed by atoms with E-state index in [4.69, 9.17) is 9.47 Å². The number of hydrogen-bond acceptors (Lipinski definition) is 7. The molecule has 1 amide bonds. The van der Waals surface area contributed by atoms with Crippen LogP contribution in [-0.4, -0.2) is 47.9 Å². The van der Waals surface area contributed by atoms with Crippen molar-refractivity contribution in [3.05, 3.63) is 52.2 Å². The molecule has 2 heterocycles. The number of fused-ring (bicyclic) bond motifs is 1. The molecule has 2 aliphatic heterocycles. The van der Waals surface area contributed by atoms with Crippen LogP contribution in [0.5, 0.6) is 5.75 Å². The predicted molar refractivity (Wildman–Crippen MR) is 127 cm³/mol. The first kappa shape index (κ1) is 26.7. The van der Waals surface area contributed by atoms with Gasteiger partial charge in [0.1, 0.15) is 5.75 Å². The molecule has 0 spiro atoms. The smallest absolute Gasteiger partial charge is 0.434 e. The van der Waals surface area contributed by atoms with Crippen molar-refractivity contribution in [1.82, 2.24) is 10.2 Å². The number of thioether (sulfide) groups is 1. The van der Waals surface area contributed by atoms with E-state index in [-0.39, 0.29) is 23.4 Å². The van der Waals surface area contributed by atoms with Gasteiger partial charge in [0.25, 0.3) is 0 Å². The molecule has 1 aromatic rings. The quantitative estimate of drug-likeness (QED) is 0.499. The predicted octanol–water partition coefficient (Wildman–Crippen LogP) is 4.93. The highest BCUT2D eigenvalue weighted by Gasteiger charge is 2.49. The second kappa shape index (κ2) is 10.8. The first-order valence-corrected chi connectivity index (χ1v) is 12.0. The Morgan fingerprint density at radius 3 is 2.37 bits per heavy atom. The van der Waals surface area contributed by atoms with E-state index in [2.05, 4.69) is 10.3 Å². The van der Waals surface area contributed by atoms with Gasteiger partial charge < -0.3 is 19.7 Å². The number of carbonyl (C=O) groups is 2. The van der Waals surface area contributed by atoms with Gasteiger partial charge in [-0.2, -0.15) is 13.2 Å². The Bertz CT molecular complexity index is 1060. The summed E-state index contributed by atoms with van der Waals surface area (Å²) in [5, 5.41) is 4.44. The largest absolute Gasteiger partial charge is 0.497 e. The van der Waals surface area contributed by atoms with Crippen molar-refractivity contribution in [2.75, 3.05) is 13.7 Å². The van der Waals surface area contributed by atoms with Crippen molar-refractivity contribution in [2.45, 2.75) is 52.4 Å². The Morgan fingerprint density at radius 2 is 1.83 bits per heavy atom. The van der Waals surface area contributed by atoms with E-state index in [0.29, 0.717) is 23.6 Å². The number of amides is 1. The third-order valence-corrected chi connectivity index (χ3v) is 6.01. The van der Waals surface area contributed by atoms with Gasteiger partial charge in [0, 0.05) is 12.2 Å². The van der Waals surface area contributed by atoms with Crippen molar-refractivity contribution in [2.24, 2.45) is 10.9 Å². The third-order valence-electron chi connectivity index (χ3n) is 5.12. The van der Waals surface area contributed by atoms with E-state index in [9.17, 15) is 22.8 Å². The highest BCUT2D eigenvalue weighted by Crippen LogP contribution is 2.48. The van der Waals surface area contributed by atoms with Crippen molar-refractivity contribution in [1.29, 1.82) is 0 Å². The topological polar surface area (TPSA) is 80.2 Å². The number of ether oxygens (including phenoxy) is 2. The van der Waals surface area contributed by atoms with Gasteiger partial charge in [-0.05, 0) is 42.9 Å². The average Bonchev–Trinajstić information content (AvgIpc) is 3.18. The molecule has 1 N–H and O–H groups in total. The van der Waals surface area contributed by atoms with Crippen molar-refractivity contribution in [3.8, 4) is 5.75 Å². The number of esters is 1. The standard InChI is InChI=1S/C24H28F3N3O4S/c1-13(2)11-28-18(31)10-16-12-35-23-29-21(24(25,26)27)19(22(32)34-14(3)4)20(30(16)23)15-6-8-17(33-5)9-7-15/h6-9,12-14,20H,10-11H2,1-5H3,(H,28,31). The molecule has 0 aliphatic carbocycles. The van der Waals surface area contributed by atoms with Gasteiger partial charge in [-0.15, -0.1) is 0 Å². The van der Waals surface area contributed by atoms with E-state index in [1.165, 1.54) is 12.0 Å². The Balaban J connectivity index is 2.11. The molecule has 1 atom stereocenters. The van der Waals surface area contributed by atoms with E-state index >= 15 is 0 Å². The summed E-state index contributed by atoms with van der Waals surface area (Å²) in [5.41, 5.74) is -1.10. The van der Waals surface area contributed by atoms with Crippen LogP contribution in [-0.2, 0) is 14.3 Å². The normalized spacial score (nSPS) is 17.9. The average molecular weight is 512 g/mol. The SMILES string of the molecule is COc1ccc(C2C(C(=O)OC(C)C)=C(C(F)(F)F)N=C3SC=C(CC(=O)NCC(C)C)N32)cc1. The third kappa shape index (κ3) is 6.19. The minimum absolute atomic E-state index is 0.0332. The number of benzene rings is 1. The fraction of sp³-hybridized carbons (Fsp3) is 0.458. The lowest BCUT2D eigenvalue weighted by atomic mass is 9.93. The van der Waals surface area contributed by atoms with Gasteiger partial charge >= 0.3 is 12.1 Å². The van der Waals surface area contributed by atoms with Gasteiger partial charge in [-0.1, -0.05) is 37.7 Å². The van der Waals surface area contributed by atoms with E-state index in [1.54, 1.807) is 43.5 Å². The highest BCUT2D eigenvalue weighted by molar-refractivity contribution is 8.16. The number of aliphatic imine (C=N–C) groups is 1. The Hall–Kier alpha value is -2.95. The van der Waals surface area contributed by atoms with E-state index in [0.717, 1.165) is 11.8 Å². The summed E-state index contributed by atoms with van der Waals surface area (Å²) < 4.78 is 52.8. The van der Waals surface area contributed by atoms with Crippen molar-refractivity contribution >= 4 is 28.8 Å². The summed E-state index contributed by atoms with van der Waals surface area (Å²) in [6.45, 7) is 7.49. The summed E-state index contributed by atoms with van der Waals surface area (Å²) in [6, 6.07) is 5.17. The molecule has 0 saturated carbocycles. The molecular formula is C24H28F3N3O4S. The number of halogens is 3. The highest BCUT2D eigenvalue weighted by atomic mass is 32.2. The second-order valence-corrected chi connectivity index (χ2v) is 9.59. The molecule has 35 heavy (non-hydrogen) atoms. The summed E-state index contributed by atoms with van der Waals surface area (Å²) in [4.78, 5) is 30.9. The van der Waals surface area contributed by atoms with Crippen LogP contribution in [0.3, 0.4) is 0 Å². The first-order valence-electron chi connectivity index (χ1n) is 11.1. The van der Waals surface area contributed by atoms with E-state index < -0.39 is 35.6 Å². The Morgan fingerprint density at radius 1 is 1.17 bits per heavy atom. The van der Waals surface area contributed by atoms with Crippen molar-refractivity contribution < 1.29 is 32.2 Å². The number of allylic oxidation sites excluding steroid dienone is 1. The maximum atomic E-state index is 14.1. The summed E-state index contributed by atoms with van der Waals surface area (Å²) in [6.07, 6.45) is -5.62. The van der Waals surface area contributed by atoms with Gasteiger partial charge in [0.15, 0.2) is 10.9 Å². The van der Waals surface area contributed by atoms with Crippen LogP contribution in [0, 0.1) is 5.92 Å². The molecule has 3 rings (SSSR count). The van der Waals surface area contributed by atoms with Gasteiger partial charge in [0.05, 0.1) is 31.2 Å². The molecule has 0 fully saturated rings. The van der Waals surface area contributed by atoms with Crippen molar-refractivity contribution in [3.63, 3.8) is 0 Å². The van der Waals surface area contributed by atoms with Gasteiger partial charge in [0.2, 0.25) is 5.91 Å². The van der Waals surface area contributed by atoms with Crippen LogP contribution in [0.1, 0.15) is 45.7 Å². The van der Waals surface area contributed by atoms with Crippen LogP contribution in [0.4, 0.5) is 13.2 Å². The number of nitrogens with zero attached hydrogens (tertiary/aromatic N) is 2. The second-order valence-electron chi connectivity index (χ2n) is 8.76. The summed E-state index contributed by atoms with van der Waals surface area (Å²) >= 11 is 0.977. The maximum Gasteiger partial charge on any atom is 0.434 e. The lowest BCUT2D eigenvalue weighted by Crippen LogP contribution is -2.40. The minimum Gasteiger partial charge on any atom is -0.497 e.